The van der Waals surface area contributed by atoms with Crippen LogP contribution in [-0.2, 0) is 11.2 Å². The number of likely N-dealkylation sites (tertiary alicyclic amines) is 1. The summed E-state index contributed by atoms with van der Waals surface area (Å²) in [5, 5.41) is 3.94. The minimum atomic E-state index is -5.02. The van der Waals surface area contributed by atoms with E-state index in [1.54, 1.807) is 12.1 Å². The van der Waals surface area contributed by atoms with Crippen molar-refractivity contribution in [2.45, 2.75) is 37.0 Å². The van der Waals surface area contributed by atoms with Crippen molar-refractivity contribution in [1.29, 1.82) is 0 Å². The van der Waals surface area contributed by atoms with Crippen LogP contribution in [-0.4, -0.2) is 52.9 Å². The Labute approximate surface area is 207 Å². The molecule has 2 aliphatic rings. The van der Waals surface area contributed by atoms with E-state index in [4.69, 9.17) is 4.74 Å². The van der Waals surface area contributed by atoms with Crippen molar-refractivity contribution in [1.82, 2.24) is 10.2 Å². The lowest BCUT2D eigenvalue weighted by Crippen LogP contribution is -2.43. The summed E-state index contributed by atoms with van der Waals surface area (Å²) in [4.78, 5) is 37.0. The van der Waals surface area contributed by atoms with Gasteiger partial charge in [-0.2, -0.15) is 0 Å². The fourth-order valence-electron chi connectivity index (χ4n) is 3.80. The molecule has 4 rings (SSSR count). The molecule has 2 aromatic carbocycles. The number of hydrogen-bond donors (Lipinski definition) is 2. The lowest BCUT2D eigenvalue weighted by atomic mass is 10.1. The third-order valence-electron chi connectivity index (χ3n) is 5.55. The number of halogens is 4. The molecule has 0 radical (unpaired) electrons. The number of rotatable bonds is 6. The van der Waals surface area contributed by atoms with Gasteiger partial charge in [0.15, 0.2) is 11.6 Å². The third-order valence-corrected chi connectivity index (χ3v) is 6.53. The van der Waals surface area contributed by atoms with E-state index in [2.05, 4.69) is 15.4 Å². The molecule has 36 heavy (non-hydrogen) atoms. The number of nitrogens with one attached hydrogen (secondary N) is 2. The number of urea groups is 1. The maximum absolute atomic E-state index is 13.9. The summed E-state index contributed by atoms with van der Waals surface area (Å²) in [5.74, 6) is -1.89. The molecule has 4 amide bonds. The van der Waals surface area contributed by atoms with Crippen LogP contribution in [0.4, 0.5) is 32.8 Å². The molecule has 2 aliphatic heterocycles. The molecule has 0 bridgehead atoms. The quantitative estimate of drug-likeness (QED) is 0.529. The van der Waals surface area contributed by atoms with Crippen molar-refractivity contribution >= 4 is 34.6 Å². The van der Waals surface area contributed by atoms with Crippen LogP contribution in [0, 0.1) is 5.82 Å². The fraction of sp³-hybridized carbons (Fsp3) is 0.348. The van der Waals surface area contributed by atoms with Crippen molar-refractivity contribution in [2.24, 2.45) is 0 Å². The van der Waals surface area contributed by atoms with Gasteiger partial charge in [0.1, 0.15) is 11.9 Å². The molecule has 2 saturated heterocycles. The first-order valence-electron chi connectivity index (χ1n) is 10.9. The Morgan fingerprint density at radius 1 is 1.11 bits per heavy atom. The number of carbonyl (C=O) groups excluding carboxylic acids is 3. The zero-order chi connectivity index (χ0) is 25.9. The Kier molecular flexibility index (Phi) is 7.57. The second kappa shape index (κ2) is 10.6. The molecule has 2 heterocycles. The van der Waals surface area contributed by atoms with Crippen LogP contribution in [0.15, 0.2) is 42.5 Å². The largest absolute Gasteiger partial charge is 0.573 e. The fourth-order valence-corrected chi connectivity index (χ4v) is 4.66. The number of nitrogens with zero attached hydrogens (tertiary/aromatic N) is 1. The van der Waals surface area contributed by atoms with Gasteiger partial charge in [-0.25, -0.2) is 9.18 Å². The van der Waals surface area contributed by atoms with Crippen LogP contribution in [0.1, 0.15) is 18.4 Å². The lowest BCUT2D eigenvalue weighted by molar-refractivity contribution is -0.275. The Morgan fingerprint density at radius 2 is 1.81 bits per heavy atom. The summed E-state index contributed by atoms with van der Waals surface area (Å²) in [6.07, 6.45) is -3.64. The summed E-state index contributed by atoms with van der Waals surface area (Å²) in [7, 11) is 0. The van der Waals surface area contributed by atoms with Crippen LogP contribution in [0.25, 0.3) is 0 Å². The van der Waals surface area contributed by atoms with E-state index in [9.17, 15) is 31.9 Å². The van der Waals surface area contributed by atoms with Gasteiger partial charge in [-0.1, -0.05) is 23.9 Å². The van der Waals surface area contributed by atoms with E-state index in [-0.39, 0.29) is 22.9 Å². The van der Waals surface area contributed by atoms with E-state index in [0.717, 1.165) is 35.5 Å². The molecular formula is C23H21F4N3O5S. The molecule has 2 N–H and O–H groups in total. The van der Waals surface area contributed by atoms with Crippen molar-refractivity contribution in [3.05, 3.63) is 53.8 Å². The number of ether oxygens (including phenoxy) is 2. The number of piperidine rings is 1. The Hall–Kier alpha value is -3.48. The minimum Gasteiger partial charge on any atom is -0.490 e. The van der Waals surface area contributed by atoms with Crippen molar-refractivity contribution in [3.63, 3.8) is 0 Å². The highest BCUT2D eigenvalue weighted by Crippen LogP contribution is 2.28. The number of imide groups is 1. The number of amides is 4. The molecule has 0 aliphatic carbocycles. The standard InChI is InChI=1S/C23H21F4N3O5S/c24-17-12-14(3-6-18(17)35-23(25,26)27)28-21(32)30-9-7-16(8-10-30)34-15-4-1-13(2-5-15)11-19-20(31)29-22(33)36-19/h1-6,12,16,19H,7-11H2,(H,28,32)(H,29,31,33). The van der Waals surface area contributed by atoms with Crippen LogP contribution < -0.4 is 20.1 Å². The van der Waals surface area contributed by atoms with Gasteiger partial charge in [0.25, 0.3) is 5.24 Å². The average molecular weight is 527 g/mol. The van der Waals surface area contributed by atoms with Gasteiger partial charge >= 0.3 is 12.4 Å². The highest BCUT2D eigenvalue weighted by Gasteiger charge is 2.33. The average Bonchev–Trinajstić information content (AvgIpc) is 3.13. The van der Waals surface area contributed by atoms with Crippen LogP contribution in [0.2, 0.25) is 0 Å². The maximum Gasteiger partial charge on any atom is 0.573 e. The van der Waals surface area contributed by atoms with E-state index >= 15 is 0 Å². The molecule has 8 nitrogen and oxygen atoms in total. The number of carbonyl (C=O) groups is 3. The number of alkyl halides is 3. The molecule has 2 aromatic rings. The molecule has 0 aromatic heterocycles. The Bertz CT molecular complexity index is 1140. The van der Waals surface area contributed by atoms with E-state index in [0.29, 0.717) is 38.1 Å². The lowest BCUT2D eigenvalue weighted by Gasteiger charge is -2.32. The zero-order valence-electron chi connectivity index (χ0n) is 18.6. The molecule has 1 unspecified atom stereocenters. The van der Waals surface area contributed by atoms with Crippen molar-refractivity contribution < 1.29 is 41.4 Å². The van der Waals surface area contributed by atoms with Crippen LogP contribution in [0.5, 0.6) is 11.5 Å². The zero-order valence-corrected chi connectivity index (χ0v) is 19.5. The monoisotopic (exact) mass is 527 g/mol. The second-order valence-corrected chi connectivity index (χ2v) is 9.33. The smallest absolute Gasteiger partial charge is 0.490 e. The first-order valence-corrected chi connectivity index (χ1v) is 11.8. The molecule has 2 fully saturated rings. The number of thioether (sulfide) groups is 1. The number of benzene rings is 2. The minimum absolute atomic E-state index is 0.00309. The van der Waals surface area contributed by atoms with Crippen LogP contribution in [0.3, 0.4) is 0 Å². The first kappa shape index (κ1) is 25.6. The van der Waals surface area contributed by atoms with Crippen molar-refractivity contribution in [2.75, 3.05) is 18.4 Å². The Balaban J connectivity index is 1.23. The molecule has 13 heteroatoms. The van der Waals surface area contributed by atoms with Gasteiger partial charge in [0.05, 0.1) is 5.25 Å². The number of hydrogen-bond acceptors (Lipinski definition) is 6. The maximum atomic E-state index is 13.9. The first-order chi connectivity index (χ1) is 17.1. The normalized spacial score (nSPS) is 18.7. The predicted octanol–water partition coefficient (Wildman–Crippen LogP) is 4.69. The molecule has 0 spiro atoms. The SMILES string of the molecule is O=C1NC(=O)C(Cc2ccc(OC3CCN(C(=O)Nc4ccc(OC(F)(F)F)c(F)c4)CC3)cc2)S1. The van der Waals surface area contributed by atoms with Crippen molar-refractivity contribution in [3.8, 4) is 11.5 Å². The summed E-state index contributed by atoms with van der Waals surface area (Å²) < 4.78 is 60.2. The molecular weight excluding hydrogens is 506 g/mol. The summed E-state index contributed by atoms with van der Waals surface area (Å²) >= 11 is 0.974. The molecule has 192 valence electrons. The third kappa shape index (κ3) is 6.80. The summed E-state index contributed by atoms with van der Waals surface area (Å²) in [5.41, 5.74) is 0.897. The predicted molar refractivity (Wildman–Crippen MR) is 122 cm³/mol. The highest BCUT2D eigenvalue weighted by atomic mass is 32.2. The van der Waals surface area contributed by atoms with Gasteiger partial charge in [-0.05, 0) is 36.2 Å². The second-order valence-electron chi connectivity index (χ2n) is 8.16. The van der Waals surface area contributed by atoms with Gasteiger partial charge < -0.3 is 19.7 Å². The number of anilines is 1. The van der Waals surface area contributed by atoms with Gasteiger partial charge in [0, 0.05) is 37.7 Å². The Morgan fingerprint density at radius 3 is 2.39 bits per heavy atom. The van der Waals surface area contributed by atoms with Gasteiger partial charge in [-0.3, -0.25) is 14.9 Å². The summed E-state index contributed by atoms with van der Waals surface area (Å²) in [6.45, 7) is 0.739. The van der Waals surface area contributed by atoms with Gasteiger partial charge in [0.2, 0.25) is 5.91 Å². The van der Waals surface area contributed by atoms with E-state index < -0.39 is 29.2 Å². The van der Waals surface area contributed by atoms with E-state index in [1.807, 2.05) is 12.1 Å². The molecule has 0 saturated carbocycles. The molecule has 1 atom stereocenters. The van der Waals surface area contributed by atoms with Crippen LogP contribution >= 0.6 is 11.8 Å². The van der Waals surface area contributed by atoms with E-state index in [1.165, 1.54) is 4.90 Å². The topological polar surface area (TPSA) is 97.0 Å². The van der Waals surface area contributed by atoms with Gasteiger partial charge in [-0.15, -0.1) is 13.2 Å². The summed E-state index contributed by atoms with van der Waals surface area (Å²) in [6, 6.07) is 9.41. The highest BCUT2D eigenvalue weighted by molar-refractivity contribution is 8.15.